The van der Waals surface area contributed by atoms with E-state index in [2.05, 4.69) is 19.8 Å². The lowest BCUT2D eigenvalue weighted by atomic mass is 10.2. The maximum Gasteiger partial charge on any atom is 0.387 e. The Morgan fingerprint density at radius 3 is 2.52 bits per heavy atom. The molecule has 1 rings (SSSR count). The number of hydrogen-bond acceptors (Lipinski definition) is 4. The highest BCUT2D eigenvalue weighted by Crippen LogP contribution is 2.15. The van der Waals surface area contributed by atoms with Gasteiger partial charge < -0.3 is 19.7 Å². The second-order valence-corrected chi connectivity index (χ2v) is 5.39. The lowest BCUT2D eigenvalue weighted by Gasteiger charge is -2.22. The summed E-state index contributed by atoms with van der Waals surface area (Å²) in [5.41, 5.74) is 0.942. The summed E-state index contributed by atoms with van der Waals surface area (Å²) in [7, 11) is 4.95. The summed E-state index contributed by atoms with van der Waals surface area (Å²) >= 11 is 0. The number of hydrogen-bond donors (Lipinski definition) is 1. The van der Waals surface area contributed by atoms with Crippen molar-refractivity contribution in [1.82, 2.24) is 10.2 Å². The summed E-state index contributed by atoms with van der Waals surface area (Å²) in [6.45, 7) is -1.57. The Hall–Kier alpha value is -2.38. The Morgan fingerprint density at radius 2 is 1.96 bits per heavy atom. The smallest absolute Gasteiger partial charge is 0.387 e. The number of methoxy groups -OCH3 is 1. The van der Waals surface area contributed by atoms with Crippen LogP contribution >= 0.6 is 0 Å². The fourth-order valence-electron chi connectivity index (χ4n) is 2.21. The third-order valence-electron chi connectivity index (χ3n) is 3.46. The molecule has 0 radical (unpaired) electrons. The predicted octanol–water partition coefficient (Wildman–Crippen LogP) is 2.64. The van der Waals surface area contributed by atoms with Gasteiger partial charge in [-0.25, -0.2) is 0 Å². The predicted molar refractivity (Wildman–Crippen MR) is 91.8 cm³/mol. The van der Waals surface area contributed by atoms with E-state index >= 15 is 0 Å². The second-order valence-electron chi connectivity index (χ2n) is 5.39. The van der Waals surface area contributed by atoms with Crippen LogP contribution in [-0.2, 0) is 16.1 Å². The molecule has 0 saturated heterocycles. The normalized spacial score (nSPS) is 11.4. The van der Waals surface area contributed by atoms with Gasteiger partial charge in [0.2, 0.25) is 0 Å². The van der Waals surface area contributed by atoms with E-state index in [0.717, 1.165) is 18.4 Å². The highest BCUT2D eigenvalue weighted by molar-refractivity contribution is 5.79. The molecule has 0 heterocycles. The molecule has 0 spiro atoms. The molecule has 140 valence electrons. The molecule has 0 aliphatic carbocycles. The highest BCUT2D eigenvalue weighted by atomic mass is 19.3. The third kappa shape index (κ3) is 8.32. The number of halogens is 2. The van der Waals surface area contributed by atoms with Crippen LogP contribution < -0.4 is 10.1 Å². The van der Waals surface area contributed by atoms with Gasteiger partial charge in [-0.05, 0) is 30.5 Å². The van der Waals surface area contributed by atoms with Gasteiger partial charge in [0.25, 0.3) is 0 Å². The fraction of sp³-hybridized carbons (Fsp3) is 0.529. The highest BCUT2D eigenvalue weighted by Gasteiger charge is 2.08. The van der Waals surface area contributed by atoms with Crippen LogP contribution in [0.1, 0.15) is 24.8 Å². The van der Waals surface area contributed by atoms with E-state index in [1.165, 1.54) is 19.2 Å². The van der Waals surface area contributed by atoms with Crippen LogP contribution in [0.15, 0.2) is 29.3 Å². The number of alkyl halides is 2. The van der Waals surface area contributed by atoms with E-state index in [1.807, 2.05) is 11.9 Å². The van der Waals surface area contributed by atoms with Crippen molar-refractivity contribution in [2.75, 3.05) is 27.7 Å². The van der Waals surface area contributed by atoms with E-state index in [9.17, 15) is 13.6 Å². The van der Waals surface area contributed by atoms with Crippen molar-refractivity contribution < 1.29 is 23.0 Å². The second kappa shape index (κ2) is 11.2. The van der Waals surface area contributed by atoms with Gasteiger partial charge in [0.05, 0.1) is 7.11 Å². The summed E-state index contributed by atoms with van der Waals surface area (Å²) in [5.74, 6) is 0.640. The maximum atomic E-state index is 12.1. The van der Waals surface area contributed by atoms with Crippen molar-refractivity contribution in [3.8, 4) is 5.75 Å². The van der Waals surface area contributed by atoms with Gasteiger partial charge >= 0.3 is 12.6 Å². The van der Waals surface area contributed by atoms with Gasteiger partial charge in [-0.15, -0.1) is 0 Å². The molecule has 0 bridgehead atoms. The quantitative estimate of drug-likeness (QED) is 0.319. The van der Waals surface area contributed by atoms with Gasteiger partial charge in [0.15, 0.2) is 5.96 Å². The van der Waals surface area contributed by atoms with Crippen LogP contribution in [-0.4, -0.2) is 51.2 Å². The lowest BCUT2D eigenvalue weighted by Crippen LogP contribution is -2.38. The Balaban J connectivity index is 2.40. The standard InChI is InChI=1S/C17H25F2N3O3/c1-20-17(21-11-5-4-6-15(23)24-3)22(2)12-13-7-9-14(10-8-13)25-16(18)19/h7-10,16H,4-6,11-12H2,1-3H3,(H,20,21). The number of aliphatic imine (C=N–C) groups is 1. The Bertz CT molecular complexity index is 551. The SMILES string of the molecule is CN=C(NCCCCC(=O)OC)N(C)Cc1ccc(OC(F)F)cc1. The number of benzene rings is 1. The summed E-state index contributed by atoms with van der Waals surface area (Å²) in [6.07, 6.45) is 1.97. The minimum absolute atomic E-state index is 0.134. The van der Waals surface area contributed by atoms with Gasteiger partial charge in [-0.3, -0.25) is 9.79 Å². The number of rotatable bonds is 9. The van der Waals surface area contributed by atoms with Crippen molar-refractivity contribution in [2.24, 2.45) is 4.99 Å². The van der Waals surface area contributed by atoms with Crippen LogP contribution in [0.4, 0.5) is 8.78 Å². The van der Waals surface area contributed by atoms with Crippen molar-refractivity contribution >= 4 is 11.9 Å². The van der Waals surface area contributed by atoms with Crippen LogP contribution in [0.2, 0.25) is 0 Å². The van der Waals surface area contributed by atoms with E-state index in [-0.39, 0.29) is 11.7 Å². The van der Waals surface area contributed by atoms with Crippen molar-refractivity contribution in [1.29, 1.82) is 0 Å². The molecule has 0 amide bonds. The van der Waals surface area contributed by atoms with Crippen LogP contribution in [0.25, 0.3) is 0 Å². The zero-order valence-electron chi connectivity index (χ0n) is 14.8. The number of nitrogens with one attached hydrogen (secondary N) is 1. The maximum absolute atomic E-state index is 12.1. The zero-order valence-corrected chi connectivity index (χ0v) is 14.8. The van der Waals surface area contributed by atoms with E-state index in [1.54, 1.807) is 19.2 Å². The number of unbranched alkanes of at least 4 members (excludes halogenated alkanes) is 1. The Labute approximate surface area is 146 Å². The summed E-state index contributed by atoms with van der Waals surface area (Å²) in [4.78, 5) is 17.2. The van der Waals surface area contributed by atoms with Crippen molar-refractivity contribution in [2.45, 2.75) is 32.4 Å². The molecule has 0 aliphatic heterocycles. The number of carbonyl (C=O) groups is 1. The van der Waals surface area contributed by atoms with E-state index < -0.39 is 6.61 Å². The zero-order chi connectivity index (χ0) is 18.7. The molecule has 0 aliphatic rings. The molecule has 0 aromatic heterocycles. The minimum Gasteiger partial charge on any atom is -0.469 e. The molecule has 0 atom stereocenters. The first kappa shape index (κ1) is 20.7. The molecular formula is C17H25F2N3O3. The van der Waals surface area contributed by atoms with E-state index in [4.69, 9.17) is 0 Å². The average Bonchev–Trinajstić information content (AvgIpc) is 2.59. The number of esters is 1. The molecule has 6 nitrogen and oxygen atoms in total. The van der Waals surface area contributed by atoms with Crippen LogP contribution in [0, 0.1) is 0 Å². The summed E-state index contributed by atoms with van der Waals surface area (Å²) < 4.78 is 33.2. The third-order valence-corrected chi connectivity index (χ3v) is 3.46. The number of guanidine groups is 1. The number of ether oxygens (including phenoxy) is 2. The number of carbonyl (C=O) groups excluding carboxylic acids is 1. The Morgan fingerprint density at radius 1 is 1.28 bits per heavy atom. The molecule has 25 heavy (non-hydrogen) atoms. The molecule has 1 aromatic carbocycles. The number of nitrogens with zero attached hydrogens (tertiary/aromatic N) is 2. The van der Waals surface area contributed by atoms with E-state index in [0.29, 0.717) is 25.5 Å². The minimum atomic E-state index is -2.82. The van der Waals surface area contributed by atoms with Crippen molar-refractivity contribution in [3.63, 3.8) is 0 Å². The lowest BCUT2D eigenvalue weighted by molar-refractivity contribution is -0.140. The van der Waals surface area contributed by atoms with Gasteiger partial charge in [-0.2, -0.15) is 8.78 Å². The van der Waals surface area contributed by atoms with Gasteiger partial charge in [-0.1, -0.05) is 12.1 Å². The largest absolute Gasteiger partial charge is 0.469 e. The van der Waals surface area contributed by atoms with Crippen LogP contribution in [0.5, 0.6) is 5.75 Å². The molecule has 8 heteroatoms. The molecule has 1 aromatic rings. The van der Waals surface area contributed by atoms with Gasteiger partial charge in [0.1, 0.15) is 5.75 Å². The fourth-order valence-corrected chi connectivity index (χ4v) is 2.21. The molecule has 0 fully saturated rings. The monoisotopic (exact) mass is 357 g/mol. The molecule has 0 saturated carbocycles. The molecular weight excluding hydrogens is 332 g/mol. The topological polar surface area (TPSA) is 63.2 Å². The first-order valence-electron chi connectivity index (χ1n) is 7.98. The summed E-state index contributed by atoms with van der Waals surface area (Å²) in [5, 5.41) is 3.22. The molecule has 0 unspecified atom stereocenters. The van der Waals surface area contributed by atoms with Crippen LogP contribution in [0.3, 0.4) is 0 Å². The molecule has 1 N–H and O–H groups in total. The first-order valence-corrected chi connectivity index (χ1v) is 7.98. The summed E-state index contributed by atoms with van der Waals surface area (Å²) in [6, 6.07) is 6.49. The first-order chi connectivity index (χ1) is 12.0. The van der Waals surface area contributed by atoms with Gasteiger partial charge in [0, 0.05) is 33.6 Å². The average molecular weight is 357 g/mol. The van der Waals surface area contributed by atoms with Crippen molar-refractivity contribution in [3.05, 3.63) is 29.8 Å². The Kier molecular flexibility index (Phi) is 9.28.